The Labute approximate surface area is 231 Å². The zero-order valence-corrected chi connectivity index (χ0v) is 23.4. The van der Waals surface area contributed by atoms with Gasteiger partial charge in [0.05, 0.1) is 12.1 Å². The zero-order valence-electron chi connectivity index (χ0n) is 23.4. The van der Waals surface area contributed by atoms with Crippen molar-refractivity contribution < 1.29 is 23.5 Å². The van der Waals surface area contributed by atoms with Crippen LogP contribution in [0.25, 0.3) is 0 Å². The number of hydrogen-bond donors (Lipinski definition) is 3. The highest BCUT2D eigenvalue weighted by Crippen LogP contribution is 2.22. The molecule has 1 aliphatic heterocycles. The molecule has 8 heteroatoms. The summed E-state index contributed by atoms with van der Waals surface area (Å²) in [4.78, 5) is 26.8. The molecule has 1 aliphatic rings. The quantitative estimate of drug-likeness (QED) is 0.340. The molecule has 4 unspecified atom stereocenters. The fourth-order valence-corrected chi connectivity index (χ4v) is 5.57. The van der Waals surface area contributed by atoms with Crippen molar-refractivity contribution in [2.75, 3.05) is 13.1 Å². The molecule has 1 heterocycles. The van der Waals surface area contributed by atoms with E-state index in [1.165, 1.54) is 19.1 Å². The monoisotopic (exact) mass is 543 g/mol. The van der Waals surface area contributed by atoms with Crippen molar-refractivity contribution in [3.8, 4) is 0 Å². The number of aliphatic hydroxyl groups is 1. The summed E-state index contributed by atoms with van der Waals surface area (Å²) in [6.07, 6.45) is 5.29. The summed E-state index contributed by atoms with van der Waals surface area (Å²) in [6.45, 7) is 7.02. The van der Waals surface area contributed by atoms with Crippen LogP contribution < -0.4 is 10.6 Å². The van der Waals surface area contributed by atoms with Gasteiger partial charge in [0, 0.05) is 43.7 Å². The first-order chi connectivity index (χ1) is 18.7. The van der Waals surface area contributed by atoms with Gasteiger partial charge in [0.2, 0.25) is 5.91 Å². The predicted octanol–water partition coefficient (Wildman–Crippen LogP) is 4.78. The number of nitrogens with one attached hydrogen (secondary N) is 2. The van der Waals surface area contributed by atoms with E-state index in [0.717, 1.165) is 69.7 Å². The topological polar surface area (TPSA) is 81.7 Å². The normalized spacial score (nSPS) is 18.8. The van der Waals surface area contributed by atoms with Gasteiger partial charge >= 0.3 is 0 Å². The Balaban J connectivity index is 1.62. The van der Waals surface area contributed by atoms with E-state index in [1.54, 1.807) is 0 Å². The number of aliphatic hydroxyl groups excluding tert-OH is 1. The molecule has 0 spiro atoms. The highest BCUT2D eigenvalue weighted by atomic mass is 19.1. The van der Waals surface area contributed by atoms with Crippen molar-refractivity contribution in [3.63, 3.8) is 0 Å². The minimum Gasteiger partial charge on any atom is -0.389 e. The lowest BCUT2D eigenvalue weighted by Gasteiger charge is -2.37. The molecule has 1 fully saturated rings. The molecule has 0 radical (unpaired) electrons. The van der Waals surface area contributed by atoms with Gasteiger partial charge in [-0.15, -0.1) is 0 Å². The average Bonchev–Trinajstić information content (AvgIpc) is 2.90. The van der Waals surface area contributed by atoms with Crippen LogP contribution in [0.1, 0.15) is 80.8 Å². The van der Waals surface area contributed by atoms with Gasteiger partial charge in [-0.05, 0) is 80.3 Å². The largest absolute Gasteiger partial charge is 0.389 e. The van der Waals surface area contributed by atoms with E-state index < -0.39 is 23.8 Å². The molecule has 2 aromatic rings. The van der Waals surface area contributed by atoms with Gasteiger partial charge in [0.15, 0.2) is 0 Å². The van der Waals surface area contributed by atoms with Crippen molar-refractivity contribution in [1.82, 2.24) is 15.5 Å². The molecule has 39 heavy (non-hydrogen) atoms. The number of aryl methyl sites for hydroxylation is 1. The molecule has 214 valence electrons. The van der Waals surface area contributed by atoms with Gasteiger partial charge in [-0.1, -0.05) is 32.4 Å². The van der Waals surface area contributed by atoms with Crippen LogP contribution in [0.2, 0.25) is 0 Å². The second-order valence-corrected chi connectivity index (χ2v) is 10.7. The van der Waals surface area contributed by atoms with E-state index in [1.807, 2.05) is 29.2 Å². The Morgan fingerprint density at radius 3 is 2.38 bits per heavy atom. The van der Waals surface area contributed by atoms with E-state index >= 15 is 0 Å². The van der Waals surface area contributed by atoms with Crippen LogP contribution >= 0.6 is 0 Å². The Hall–Kier alpha value is -2.84. The number of amides is 2. The molecule has 1 saturated heterocycles. The number of halogens is 2. The number of hydrogen-bond acceptors (Lipinski definition) is 4. The SMILES string of the molecule is CCCN(CCC)C(=O)c1cccc(CCC2CCCC(C(O)C(Cc3cc(F)cc(F)c3)NC(C)=O)N2)c1. The third-order valence-electron chi connectivity index (χ3n) is 7.34. The van der Waals surface area contributed by atoms with Gasteiger partial charge in [-0.25, -0.2) is 8.78 Å². The molecule has 0 saturated carbocycles. The Morgan fingerprint density at radius 2 is 1.74 bits per heavy atom. The molecule has 3 rings (SSSR count). The molecule has 6 nitrogen and oxygen atoms in total. The van der Waals surface area contributed by atoms with Gasteiger partial charge in [-0.2, -0.15) is 0 Å². The van der Waals surface area contributed by atoms with Gasteiger partial charge in [0.25, 0.3) is 5.91 Å². The molecule has 2 amide bonds. The Bertz CT molecular complexity index is 1070. The van der Waals surface area contributed by atoms with Crippen LogP contribution in [-0.2, 0) is 17.6 Å². The van der Waals surface area contributed by atoms with Gasteiger partial charge < -0.3 is 20.6 Å². The maximum atomic E-state index is 13.7. The van der Waals surface area contributed by atoms with Crippen molar-refractivity contribution in [2.45, 2.75) is 96.4 Å². The highest BCUT2D eigenvalue weighted by molar-refractivity contribution is 5.94. The van der Waals surface area contributed by atoms with E-state index in [-0.39, 0.29) is 30.3 Å². The third-order valence-corrected chi connectivity index (χ3v) is 7.34. The lowest BCUT2D eigenvalue weighted by molar-refractivity contribution is -0.120. The molecular formula is C31H43F2N3O3. The first-order valence-electron chi connectivity index (χ1n) is 14.2. The van der Waals surface area contributed by atoms with Crippen molar-refractivity contribution >= 4 is 11.8 Å². The van der Waals surface area contributed by atoms with Crippen LogP contribution in [-0.4, -0.2) is 59.1 Å². The van der Waals surface area contributed by atoms with Crippen molar-refractivity contribution in [1.29, 1.82) is 0 Å². The third kappa shape index (κ3) is 9.39. The molecule has 0 aliphatic carbocycles. The zero-order chi connectivity index (χ0) is 28.4. The van der Waals surface area contributed by atoms with E-state index in [9.17, 15) is 23.5 Å². The van der Waals surface area contributed by atoms with E-state index in [2.05, 4.69) is 24.5 Å². The first-order valence-corrected chi connectivity index (χ1v) is 14.2. The lowest BCUT2D eigenvalue weighted by Crippen LogP contribution is -2.57. The van der Waals surface area contributed by atoms with E-state index in [4.69, 9.17) is 0 Å². The minimum absolute atomic E-state index is 0.0710. The van der Waals surface area contributed by atoms with Crippen LogP contribution in [0.3, 0.4) is 0 Å². The smallest absolute Gasteiger partial charge is 0.253 e. The summed E-state index contributed by atoms with van der Waals surface area (Å²) in [5.74, 6) is -1.62. The van der Waals surface area contributed by atoms with Crippen molar-refractivity contribution in [2.24, 2.45) is 0 Å². The second-order valence-electron chi connectivity index (χ2n) is 10.7. The number of nitrogens with zero attached hydrogens (tertiary/aromatic N) is 1. The molecular weight excluding hydrogens is 500 g/mol. The van der Waals surface area contributed by atoms with Crippen molar-refractivity contribution in [3.05, 3.63) is 70.8 Å². The summed E-state index contributed by atoms with van der Waals surface area (Å²) >= 11 is 0. The number of carbonyl (C=O) groups is 2. The summed E-state index contributed by atoms with van der Waals surface area (Å²) in [6, 6.07) is 10.3. The molecule has 3 N–H and O–H groups in total. The minimum atomic E-state index is -0.924. The molecule has 0 aromatic heterocycles. The average molecular weight is 544 g/mol. The maximum Gasteiger partial charge on any atom is 0.253 e. The number of carbonyl (C=O) groups excluding carboxylic acids is 2. The first kappa shape index (κ1) is 30.7. The number of rotatable bonds is 13. The van der Waals surface area contributed by atoms with Gasteiger partial charge in [0.1, 0.15) is 11.6 Å². The summed E-state index contributed by atoms with van der Waals surface area (Å²) in [5, 5.41) is 17.5. The molecule has 0 bridgehead atoms. The Morgan fingerprint density at radius 1 is 1.05 bits per heavy atom. The standard InChI is InChI=1S/C31H43F2N3O3/c1-4-14-36(15-5-2)31(39)24-9-6-8-22(16-24)12-13-27-10-7-11-28(35-27)30(38)29(34-21(3)37)19-23-17-25(32)20-26(33)18-23/h6,8-9,16-18,20,27-30,35,38H,4-5,7,10-15,19H2,1-3H3,(H,34,37). The molecule has 2 aromatic carbocycles. The maximum absolute atomic E-state index is 13.7. The predicted molar refractivity (Wildman–Crippen MR) is 149 cm³/mol. The summed E-state index contributed by atoms with van der Waals surface area (Å²) in [7, 11) is 0. The van der Waals surface area contributed by atoms with Crippen LogP contribution in [0.5, 0.6) is 0 Å². The van der Waals surface area contributed by atoms with Crippen LogP contribution in [0, 0.1) is 11.6 Å². The second kappa shape index (κ2) is 15.1. The summed E-state index contributed by atoms with van der Waals surface area (Å²) in [5.41, 5.74) is 2.19. The fourth-order valence-electron chi connectivity index (χ4n) is 5.57. The van der Waals surface area contributed by atoms with Crippen LogP contribution in [0.15, 0.2) is 42.5 Å². The van der Waals surface area contributed by atoms with Crippen LogP contribution in [0.4, 0.5) is 8.78 Å². The lowest BCUT2D eigenvalue weighted by atomic mass is 9.87. The number of benzene rings is 2. The molecule has 4 atom stereocenters. The van der Waals surface area contributed by atoms with E-state index in [0.29, 0.717) is 11.1 Å². The fraction of sp³-hybridized carbons (Fsp3) is 0.548. The highest BCUT2D eigenvalue weighted by Gasteiger charge is 2.32. The number of piperidine rings is 1. The van der Waals surface area contributed by atoms with Gasteiger partial charge in [-0.3, -0.25) is 9.59 Å². The summed E-state index contributed by atoms with van der Waals surface area (Å²) < 4.78 is 27.5. The Kier molecular flexibility index (Phi) is 11.9.